The third-order valence-electron chi connectivity index (χ3n) is 5.13. The molecule has 1 aliphatic rings. The lowest BCUT2D eigenvalue weighted by Crippen LogP contribution is -2.29. The van der Waals surface area contributed by atoms with Crippen LogP contribution in [-0.2, 0) is 0 Å². The van der Waals surface area contributed by atoms with E-state index < -0.39 is 11.9 Å². The van der Waals surface area contributed by atoms with Crippen molar-refractivity contribution in [3.8, 4) is 5.75 Å². The number of nitrogens with zero attached hydrogens (tertiary/aromatic N) is 1. The number of anilines is 1. The number of rotatable bonds is 2. The van der Waals surface area contributed by atoms with Crippen LogP contribution in [0.5, 0.6) is 5.75 Å². The van der Waals surface area contributed by atoms with Crippen molar-refractivity contribution in [3.05, 3.63) is 104 Å². The zero-order chi connectivity index (χ0) is 21.0. The third-order valence-corrected chi connectivity index (χ3v) is 5.60. The lowest BCUT2D eigenvalue weighted by Gasteiger charge is -2.25. The lowest BCUT2D eigenvalue weighted by molar-refractivity contribution is 0.0971. The molecule has 3 aromatic carbocycles. The molecule has 30 heavy (non-hydrogen) atoms. The molecule has 0 saturated heterocycles. The number of phenolic OH excluding ortho intramolecular Hbond substituents is 1. The molecule has 1 amide bonds. The van der Waals surface area contributed by atoms with Gasteiger partial charge in [-0.3, -0.25) is 14.5 Å². The summed E-state index contributed by atoms with van der Waals surface area (Å²) in [5.41, 5.74) is 1.35. The molecule has 0 radical (unpaired) electrons. The van der Waals surface area contributed by atoms with E-state index in [0.717, 1.165) is 0 Å². The maximum Gasteiger partial charge on any atom is 0.295 e. The van der Waals surface area contributed by atoms with Crippen LogP contribution < -0.4 is 10.3 Å². The fraction of sp³-hybridized carbons (Fsp3) is 0.0435. The Bertz CT molecular complexity index is 1380. The van der Waals surface area contributed by atoms with Crippen molar-refractivity contribution in [1.29, 1.82) is 0 Å². The van der Waals surface area contributed by atoms with Gasteiger partial charge in [0.25, 0.3) is 5.91 Å². The van der Waals surface area contributed by atoms with Crippen molar-refractivity contribution in [2.45, 2.75) is 6.04 Å². The average molecular weight is 438 g/mol. The van der Waals surface area contributed by atoms with Gasteiger partial charge < -0.3 is 9.52 Å². The van der Waals surface area contributed by atoms with Crippen molar-refractivity contribution in [3.63, 3.8) is 0 Å². The molecule has 4 aromatic rings. The van der Waals surface area contributed by atoms with Crippen LogP contribution >= 0.6 is 23.2 Å². The van der Waals surface area contributed by atoms with E-state index in [0.29, 0.717) is 26.7 Å². The Labute approximate surface area is 180 Å². The minimum atomic E-state index is -0.744. The Morgan fingerprint density at radius 2 is 1.63 bits per heavy atom. The minimum absolute atomic E-state index is 0.0205. The molecule has 0 spiro atoms. The lowest BCUT2D eigenvalue weighted by atomic mass is 9.98. The van der Waals surface area contributed by atoms with Crippen molar-refractivity contribution in [1.82, 2.24) is 0 Å². The number of benzene rings is 3. The van der Waals surface area contributed by atoms with Crippen LogP contribution in [0.2, 0.25) is 10.0 Å². The predicted molar refractivity (Wildman–Crippen MR) is 116 cm³/mol. The summed E-state index contributed by atoms with van der Waals surface area (Å²) in [6, 6.07) is 17.1. The Morgan fingerprint density at radius 3 is 2.37 bits per heavy atom. The maximum atomic E-state index is 13.4. The van der Waals surface area contributed by atoms with Gasteiger partial charge in [-0.25, -0.2) is 0 Å². The molecule has 0 saturated carbocycles. The Hall–Kier alpha value is -3.28. The maximum absolute atomic E-state index is 13.4. The summed E-state index contributed by atoms with van der Waals surface area (Å²) in [5, 5.41) is 10.8. The fourth-order valence-electron chi connectivity index (χ4n) is 3.81. The molecule has 0 aliphatic carbocycles. The van der Waals surface area contributed by atoms with Crippen molar-refractivity contribution in [2.75, 3.05) is 4.90 Å². The van der Waals surface area contributed by atoms with E-state index in [9.17, 15) is 14.7 Å². The standard InChI is InChI=1S/C23H13Cl2NO4/c24-13-2-1-3-15(10-13)26-20(12-4-7-16(27)8-5-12)19-21(28)17-11-14(25)6-9-18(17)30-22(19)23(26)29/h1-11,20,27H. The number of hydrogen-bond donors (Lipinski definition) is 1. The normalized spacial score (nSPS) is 15.6. The molecule has 1 aliphatic heterocycles. The topological polar surface area (TPSA) is 70.8 Å². The molecular weight excluding hydrogens is 425 g/mol. The van der Waals surface area contributed by atoms with E-state index in [2.05, 4.69) is 0 Å². The number of carbonyl (C=O) groups is 1. The van der Waals surface area contributed by atoms with Crippen molar-refractivity contribution >= 4 is 45.8 Å². The Kier molecular flexibility index (Phi) is 4.31. The summed E-state index contributed by atoms with van der Waals surface area (Å²) in [6.07, 6.45) is 0. The quantitative estimate of drug-likeness (QED) is 0.445. The van der Waals surface area contributed by atoms with E-state index >= 15 is 0 Å². The minimum Gasteiger partial charge on any atom is -0.508 e. The van der Waals surface area contributed by atoms with Crippen LogP contribution in [0.15, 0.2) is 75.9 Å². The van der Waals surface area contributed by atoms with Gasteiger partial charge in [-0.2, -0.15) is 0 Å². The van der Waals surface area contributed by atoms with Crippen LogP contribution in [0.25, 0.3) is 11.0 Å². The van der Waals surface area contributed by atoms with Gasteiger partial charge in [0.1, 0.15) is 11.3 Å². The molecule has 1 N–H and O–H groups in total. The van der Waals surface area contributed by atoms with Gasteiger partial charge in [0.05, 0.1) is 17.0 Å². The first-order valence-corrected chi connectivity index (χ1v) is 9.84. The molecule has 7 heteroatoms. The second-order valence-electron chi connectivity index (χ2n) is 6.96. The van der Waals surface area contributed by atoms with E-state index in [1.54, 1.807) is 48.5 Å². The van der Waals surface area contributed by atoms with E-state index in [1.165, 1.54) is 23.1 Å². The molecule has 5 nitrogen and oxygen atoms in total. The van der Waals surface area contributed by atoms with Gasteiger partial charge in [-0.1, -0.05) is 41.4 Å². The summed E-state index contributed by atoms with van der Waals surface area (Å²) in [7, 11) is 0. The number of halogens is 2. The highest BCUT2D eigenvalue weighted by atomic mass is 35.5. The van der Waals surface area contributed by atoms with Gasteiger partial charge in [0.15, 0.2) is 5.43 Å². The number of hydrogen-bond acceptors (Lipinski definition) is 4. The van der Waals surface area contributed by atoms with Crippen molar-refractivity contribution < 1.29 is 14.3 Å². The second kappa shape index (κ2) is 6.90. The molecule has 5 rings (SSSR count). The van der Waals surface area contributed by atoms with Crippen LogP contribution in [0.4, 0.5) is 5.69 Å². The van der Waals surface area contributed by atoms with Gasteiger partial charge in [0, 0.05) is 15.7 Å². The molecule has 0 bridgehead atoms. The average Bonchev–Trinajstić information content (AvgIpc) is 3.02. The smallest absolute Gasteiger partial charge is 0.295 e. The zero-order valence-corrected chi connectivity index (χ0v) is 16.8. The van der Waals surface area contributed by atoms with Gasteiger partial charge >= 0.3 is 0 Å². The number of aromatic hydroxyl groups is 1. The Balaban J connectivity index is 1.83. The molecule has 0 fully saturated rings. The molecule has 1 atom stereocenters. The van der Waals surface area contributed by atoms with Crippen LogP contribution in [0.3, 0.4) is 0 Å². The summed E-state index contributed by atoms with van der Waals surface area (Å²) < 4.78 is 5.88. The highest BCUT2D eigenvalue weighted by Gasteiger charge is 2.43. The number of carbonyl (C=O) groups excluding carboxylic acids is 1. The molecule has 1 aromatic heterocycles. The first-order valence-electron chi connectivity index (χ1n) is 9.08. The molecular formula is C23H13Cl2NO4. The first kappa shape index (κ1) is 18.7. The van der Waals surface area contributed by atoms with Crippen LogP contribution in [0.1, 0.15) is 27.7 Å². The SMILES string of the molecule is O=C1c2oc3ccc(Cl)cc3c(=O)c2C(c2ccc(O)cc2)N1c1cccc(Cl)c1. The number of phenols is 1. The van der Waals surface area contributed by atoms with E-state index in [-0.39, 0.29) is 28.1 Å². The van der Waals surface area contributed by atoms with Gasteiger partial charge in [0.2, 0.25) is 5.76 Å². The summed E-state index contributed by atoms with van der Waals surface area (Å²) >= 11 is 12.2. The molecule has 1 unspecified atom stereocenters. The number of fused-ring (bicyclic) bond motifs is 2. The zero-order valence-electron chi connectivity index (χ0n) is 15.3. The number of amides is 1. The highest BCUT2D eigenvalue weighted by molar-refractivity contribution is 6.31. The first-order chi connectivity index (χ1) is 14.4. The van der Waals surface area contributed by atoms with Crippen LogP contribution in [0, 0.1) is 0 Å². The van der Waals surface area contributed by atoms with Crippen LogP contribution in [-0.4, -0.2) is 11.0 Å². The summed E-state index contributed by atoms with van der Waals surface area (Å²) in [6.45, 7) is 0. The Morgan fingerprint density at radius 1 is 0.900 bits per heavy atom. The van der Waals surface area contributed by atoms with E-state index in [4.69, 9.17) is 27.6 Å². The predicted octanol–water partition coefficient (Wildman–Crippen LogP) is 5.56. The third kappa shape index (κ3) is 2.86. The fourth-order valence-corrected chi connectivity index (χ4v) is 4.17. The monoisotopic (exact) mass is 437 g/mol. The largest absolute Gasteiger partial charge is 0.508 e. The molecule has 2 heterocycles. The van der Waals surface area contributed by atoms with Gasteiger partial charge in [-0.05, 0) is 54.1 Å². The summed E-state index contributed by atoms with van der Waals surface area (Å²) in [5.74, 6) is -0.387. The summed E-state index contributed by atoms with van der Waals surface area (Å²) in [4.78, 5) is 28.3. The highest BCUT2D eigenvalue weighted by Crippen LogP contribution is 2.42. The van der Waals surface area contributed by atoms with Crippen molar-refractivity contribution in [2.24, 2.45) is 0 Å². The van der Waals surface area contributed by atoms with E-state index in [1.807, 2.05) is 0 Å². The second-order valence-corrected chi connectivity index (χ2v) is 7.84. The van der Waals surface area contributed by atoms with Gasteiger partial charge in [-0.15, -0.1) is 0 Å². The molecule has 148 valence electrons.